The number of carbonyl (C=O) groups excluding carboxylic acids is 2. The predicted molar refractivity (Wildman–Crippen MR) is 150 cm³/mol. The standard InChI is InChI=1S/C25H31F5N2O6.C4H4O4/c1-5-7-31-8-9-36-10-11-37-12-14-16(25(34)38-6-2)17(15(13(3)32-14)24(33)35-4)18-19(26)21(28)23(30)22(29)20(18)27;5-3(6)1-2-4(7)8/h17,31-32H,5-12H2,1-4H3;1-2H,(H,5,6)(H,7,8)/b;2-1+/t17-;/m1./s1. The molecule has 0 aromatic heterocycles. The van der Waals surface area contributed by atoms with E-state index in [0.717, 1.165) is 20.1 Å². The van der Waals surface area contributed by atoms with Gasteiger partial charge in [-0.3, -0.25) is 0 Å². The molecule has 1 aliphatic rings. The number of ether oxygens (including phenoxy) is 4. The average Bonchev–Trinajstić information content (AvgIpc) is 3.01. The van der Waals surface area contributed by atoms with Gasteiger partial charge >= 0.3 is 23.9 Å². The fourth-order valence-electron chi connectivity index (χ4n) is 3.99. The SMILES string of the molecule is CCCNCCOCCOCC1=C(C(=O)OCC)[C@H](c2c(F)c(F)c(F)c(F)c2F)C(C(=O)OC)=C(C)N1.O=C(O)/C=C/C(=O)O. The van der Waals surface area contributed by atoms with Gasteiger partial charge in [-0.25, -0.2) is 41.1 Å². The molecule has 1 aromatic carbocycles. The van der Waals surface area contributed by atoms with E-state index < -0.39 is 75.6 Å². The van der Waals surface area contributed by atoms with Crippen molar-refractivity contribution in [1.82, 2.24) is 10.6 Å². The molecule has 1 atom stereocenters. The minimum atomic E-state index is -2.38. The van der Waals surface area contributed by atoms with E-state index >= 15 is 0 Å². The molecule has 2 rings (SSSR count). The summed E-state index contributed by atoms with van der Waals surface area (Å²) in [5, 5.41) is 21.5. The van der Waals surface area contributed by atoms with Gasteiger partial charge in [-0.2, -0.15) is 0 Å². The van der Waals surface area contributed by atoms with Crippen LogP contribution >= 0.6 is 0 Å². The Kier molecular flexibility index (Phi) is 17.2. The van der Waals surface area contributed by atoms with E-state index in [1.54, 1.807) is 0 Å². The van der Waals surface area contributed by atoms with Crippen molar-refractivity contribution in [1.29, 1.82) is 0 Å². The Morgan fingerprint density at radius 3 is 1.85 bits per heavy atom. The number of benzene rings is 1. The summed E-state index contributed by atoms with van der Waals surface area (Å²) in [4.78, 5) is 44.7. The quantitative estimate of drug-likeness (QED) is 0.0509. The van der Waals surface area contributed by atoms with Gasteiger partial charge in [-0.15, -0.1) is 0 Å². The third-order valence-electron chi connectivity index (χ3n) is 5.91. The molecule has 0 radical (unpaired) electrons. The molecular weight excluding hydrogens is 631 g/mol. The molecule has 0 bridgehead atoms. The second-order valence-electron chi connectivity index (χ2n) is 9.11. The number of nitrogens with one attached hydrogen (secondary N) is 2. The number of esters is 2. The van der Waals surface area contributed by atoms with Gasteiger partial charge in [0.25, 0.3) is 0 Å². The highest BCUT2D eigenvalue weighted by atomic mass is 19.2. The van der Waals surface area contributed by atoms with Crippen molar-refractivity contribution >= 4 is 23.9 Å². The van der Waals surface area contributed by atoms with Crippen molar-refractivity contribution in [3.8, 4) is 0 Å². The third kappa shape index (κ3) is 11.2. The van der Waals surface area contributed by atoms with Crippen LogP contribution in [0.2, 0.25) is 0 Å². The summed E-state index contributed by atoms with van der Waals surface area (Å²) in [6.45, 7) is 6.39. The lowest BCUT2D eigenvalue weighted by Crippen LogP contribution is -2.36. The minimum absolute atomic E-state index is 0.0457. The monoisotopic (exact) mass is 666 g/mol. The number of aliphatic carboxylic acids is 2. The van der Waals surface area contributed by atoms with Crippen molar-refractivity contribution < 1.29 is 70.3 Å². The zero-order valence-corrected chi connectivity index (χ0v) is 25.4. The van der Waals surface area contributed by atoms with E-state index in [9.17, 15) is 41.1 Å². The lowest BCUT2D eigenvalue weighted by Gasteiger charge is -2.31. The van der Waals surface area contributed by atoms with Gasteiger partial charge in [0.2, 0.25) is 5.82 Å². The number of hydrogen-bond acceptors (Lipinski definition) is 10. The van der Waals surface area contributed by atoms with Gasteiger partial charge in [0.15, 0.2) is 23.3 Å². The topological polar surface area (TPSA) is 170 Å². The number of carboxylic acid groups (broad SMARTS) is 2. The summed E-state index contributed by atoms with van der Waals surface area (Å²) >= 11 is 0. The molecule has 4 N–H and O–H groups in total. The summed E-state index contributed by atoms with van der Waals surface area (Å²) < 4.78 is 92.7. The van der Waals surface area contributed by atoms with Crippen molar-refractivity contribution in [3.05, 3.63) is 69.3 Å². The second kappa shape index (κ2) is 19.9. The van der Waals surface area contributed by atoms with Crippen LogP contribution in [0, 0.1) is 29.1 Å². The number of methoxy groups -OCH3 is 1. The van der Waals surface area contributed by atoms with Gasteiger partial charge in [0.05, 0.1) is 62.9 Å². The molecule has 0 spiro atoms. The maximum atomic E-state index is 15.0. The van der Waals surface area contributed by atoms with Crippen LogP contribution in [-0.4, -0.2) is 87.3 Å². The molecule has 1 heterocycles. The van der Waals surface area contributed by atoms with Crippen molar-refractivity contribution in [2.75, 3.05) is 53.2 Å². The Morgan fingerprint density at radius 1 is 0.804 bits per heavy atom. The number of hydrogen-bond donors (Lipinski definition) is 4. The summed E-state index contributed by atoms with van der Waals surface area (Å²) in [7, 11) is 0.961. The minimum Gasteiger partial charge on any atom is -0.478 e. The normalized spacial score (nSPS) is 14.5. The first kappa shape index (κ1) is 39.7. The Morgan fingerprint density at radius 2 is 1.35 bits per heavy atom. The maximum absolute atomic E-state index is 15.0. The van der Waals surface area contributed by atoms with E-state index in [1.807, 2.05) is 6.92 Å². The van der Waals surface area contributed by atoms with Gasteiger partial charge in [-0.05, 0) is 26.8 Å². The number of carbonyl (C=O) groups is 4. The van der Waals surface area contributed by atoms with E-state index in [2.05, 4.69) is 15.4 Å². The number of halogens is 5. The van der Waals surface area contributed by atoms with E-state index in [1.165, 1.54) is 13.8 Å². The zero-order valence-electron chi connectivity index (χ0n) is 25.4. The first-order valence-corrected chi connectivity index (χ1v) is 13.7. The molecule has 1 aliphatic heterocycles. The molecule has 0 saturated carbocycles. The molecule has 0 aliphatic carbocycles. The van der Waals surface area contributed by atoms with Gasteiger partial charge < -0.3 is 39.8 Å². The van der Waals surface area contributed by atoms with Gasteiger partial charge in [-0.1, -0.05) is 6.92 Å². The molecule has 1 aromatic rings. The molecule has 0 unspecified atom stereocenters. The van der Waals surface area contributed by atoms with Crippen LogP contribution in [0.5, 0.6) is 0 Å². The molecule has 0 amide bonds. The molecule has 0 fully saturated rings. The van der Waals surface area contributed by atoms with E-state index in [-0.39, 0.29) is 37.8 Å². The predicted octanol–water partition coefficient (Wildman–Crippen LogP) is 3.08. The smallest absolute Gasteiger partial charge is 0.336 e. The second-order valence-corrected chi connectivity index (χ2v) is 9.11. The first-order chi connectivity index (χ1) is 21.7. The summed E-state index contributed by atoms with van der Waals surface area (Å²) in [5.41, 5.74) is -2.63. The molecule has 46 heavy (non-hydrogen) atoms. The number of dihydropyridines is 1. The number of rotatable bonds is 16. The largest absolute Gasteiger partial charge is 0.478 e. The third-order valence-corrected chi connectivity index (χ3v) is 5.91. The van der Waals surface area contributed by atoms with Crippen LogP contribution in [-0.2, 0) is 38.1 Å². The number of allylic oxidation sites excluding steroid dienone is 1. The van der Waals surface area contributed by atoms with Gasteiger partial charge in [0.1, 0.15) is 0 Å². The fourth-order valence-corrected chi connectivity index (χ4v) is 3.99. The Labute approximate surface area is 260 Å². The van der Waals surface area contributed by atoms with Crippen LogP contribution in [0.1, 0.15) is 38.7 Å². The number of carboxylic acids is 2. The average molecular weight is 667 g/mol. The maximum Gasteiger partial charge on any atom is 0.336 e. The lowest BCUT2D eigenvalue weighted by atomic mass is 9.79. The van der Waals surface area contributed by atoms with Crippen LogP contribution in [0.3, 0.4) is 0 Å². The molecule has 17 heteroatoms. The van der Waals surface area contributed by atoms with Crippen LogP contribution < -0.4 is 10.6 Å². The molecular formula is C29H35F5N2O10. The zero-order chi connectivity index (χ0) is 35.0. The highest BCUT2D eigenvalue weighted by molar-refractivity contribution is 6.00. The molecule has 0 saturated heterocycles. The Balaban J connectivity index is 0.00000116. The summed E-state index contributed by atoms with van der Waals surface area (Å²) in [6.07, 6.45) is 2.09. The Bertz CT molecular complexity index is 1320. The van der Waals surface area contributed by atoms with Gasteiger partial charge in [0, 0.05) is 30.0 Å². The summed E-state index contributed by atoms with van der Waals surface area (Å²) in [6, 6.07) is 0. The molecule has 12 nitrogen and oxygen atoms in total. The van der Waals surface area contributed by atoms with Crippen molar-refractivity contribution in [2.45, 2.75) is 33.1 Å². The van der Waals surface area contributed by atoms with E-state index in [4.69, 9.17) is 24.4 Å². The summed E-state index contributed by atoms with van der Waals surface area (Å²) in [5.74, 6) is -18.1. The van der Waals surface area contributed by atoms with Crippen LogP contribution in [0.25, 0.3) is 0 Å². The van der Waals surface area contributed by atoms with Crippen LogP contribution in [0.4, 0.5) is 22.0 Å². The lowest BCUT2D eigenvalue weighted by molar-refractivity contribution is -0.139. The fraction of sp³-hybridized carbons (Fsp3) is 0.448. The van der Waals surface area contributed by atoms with Crippen molar-refractivity contribution in [2.24, 2.45) is 0 Å². The molecule has 256 valence electrons. The van der Waals surface area contributed by atoms with Crippen LogP contribution in [0.15, 0.2) is 34.7 Å². The Hall–Kier alpha value is -4.35. The van der Waals surface area contributed by atoms with E-state index in [0.29, 0.717) is 25.3 Å². The van der Waals surface area contributed by atoms with Crippen molar-refractivity contribution in [3.63, 3.8) is 0 Å². The highest BCUT2D eigenvalue weighted by Crippen LogP contribution is 2.43. The first-order valence-electron chi connectivity index (χ1n) is 13.7. The highest BCUT2D eigenvalue weighted by Gasteiger charge is 2.43.